The van der Waals surface area contributed by atoms with Gasteiger partial charge in [0.2, 0.25) is 0 Å². The Morgan fingerprint density at radius 2 is 2.00 bits per heavy atom. The average Bonchev–Trinajstić information content (AvgIpc) is 2.33. The highest BCUT2D eigenvalue weighted by Crippen LogP contribution is 2.21. The molecular formula is C13H18N2OS. The van der Waals surface area contributed by atoms with Gasteiger partial charge in [-0.25, -0.2) is 4.79 Å². The van der Waals surface area contributed by atoms with Crippen LogP contribution in [-0.2, 0) is 0 Å². The van der Waals surface area contributed by atoms with Gasteiger partial charge in [0.25, 0.3) is 0 Å². The molecule has 4 heteroatoms. The van der Waals surface area contributed by atoms with E-state index >= 15 is 0 Å². The van der Waals surface area contributed by atoms with Crippen molar-refractivity contribution in [1.82, 2.24) is 4.90 Å². The predicted octanol–water partition coefficient (Wildman–Crippen LogP) is 3.24. The molecule has 17 heavy (non-hydrogen) atoms. The molecule has 0 saturated carbocycles. The highest BCUT2D eigenvalue weighted by atomic mass is 32.1. The molecule has 0 bridgehead atoms. The first kappa shape index (κ1) is 12.3. The zero-order valence-corrected chi connectivity index (χ0v) is 10.9. The van der Waals surface area contributed by atoms with Crippen LogP contribution in [0.4, 0.5) is 10.5 Å². The molecule has 1 aliphatic heterocycles. The number of para-hydroxylation sites is 1. The minimum Gasteiger partial charge on any atom is -0.325 e. The number of piperidine rings is 1. The number of thiol groups is 1. The first-order valence-corrected chi connectivity index (χ1v) is 6.45. The van der Waals surface area contributed by atoms with E-state index in [1.807, 2.05) is 29.2 Å². The average molecular weight is 250 g/mol. The van der Waals surface area contributed by atoms with E-state index in [1.165, 1.54) is 0 Å². The van der Waals surface area contributed by atoms with E-state index in [9.17, 15) is 4.79 Å². The minimum atomic E-state index is -0.0154. The molecule has 1 aromatic rings. The van der Waals surface area contributed by atoms with Crippen LogP contribution in [0.15, 0.2) is 29.2 Å². The van der Waals surface area contributed by atoms with Crippen molar-refractivity contribution in [1.29, 1.82) is 0 Å². The largest absolute Gasteiger partial charge is 0.325 e. The molecular weight excluding hydrogens is 232 g/mol. The predicted molar refractivity (Wildman–Crippen MR) is 72.7 cm³/mol. The Kier molecular flexibility index (Phi) is 3.94. The van der Waals surface area contributed by atoms with Crippen molar-refractivity contribution in [3.05, 3.63) is 24.3 Å². The standard InChI is InChI=1S/C13H18N2OS/c1-10-6-8-15(9-7-10)13(16)14-11-4-2-3-5-12(11)17/h2-5,10,17H,6-9H2,1H3,(H,14,16). The molecule has 0 spiro atoms. The van der Waals surface area contributed by atoms with E-state index in [0.717, 1.165) is 42.4 Å². The highest BCUT2D eigenvalue weighted by molar-refractivity contribution is 7.80. The quantitative estimate of drug-likeness (QED) is 0.737. The highest BCUT2D eigenvalue weighted by Gasteiger charge is 2.20. The number of hydrogen-bond donors (Lipinski definition) is 2. The molecule has 1 N–H and O–H groups in total. The third-order valence-corrected chi connectivity index (χ3v) is 3.61. The van der Waals surface area contributed by atoms with Crippen LogP contribution in [0.25, 0.3) is 0 Å². The summed E-state index contributed by atoms with van der Waals surface area (Å²) in [6.07, 6.45) is 2.19. The van der Waals surface area contributed by atoms with Gasteiger partial charge in [-0.1, -0.05) is 19.1 Å². The number of amides is 2. The van der Waals surface area contributed by atoms with Gasteiger partial charge >= 0.3 is 6.03 Å². The number of urea groups is 1. The molecule has 0 radical (unpaired) electrons. The fraction of sp³-hybridized carbons (Fsp3) is 0.462. The molecule has 3 nitrogen and oxygen atoms in total. The summed E-state index contributed by atoms with van der Waals surface area (Å²) in [5.74, 6) is 0.733. The zero-order valence-electron chi connectivity index (χ0n) is 10.0. The molecule has 2 amide bonds. The molecule has 92 valence electrons. The molecule has 1 aliphatic rings. The summed E-state index contributed by atoms with van der Waals surface area (Å²) in [6.45, 7) is 3.93. The number of carbonyl (C=O) groups excluding carboxylic acids is 1. The smallest absolute Gasteiger partial charge is 0.321 e. The maximum atomic E-state index is 12.0. The van der Waals surface area contributed by atoms with Crippen molar-refractivity contribution in [2.75, 3.05) is 18.4 Å². The number of anilines is 1. The third kappa shape index (κ3) is 3.16. The summed E-state index contributed by atoms with van der Waals surface area (Å²) in [6, 6.07) is 7.52. The lowest BCUT2D eigenvalue weighted by atomic mass is 10.00. The zero-order chi connectivity index (χ0) is 12.3. The van der Waals surface area contributed by atoms with E-state index < -0.39 is 0 Å². The number of hydrogen-bond acceptors (Lipinski definition) is 2. The van der Waals surface area contributed by atoms with Crippen molar-refractivity contribution in [2.45, 2.75) is 24.7 Å². The summed E-state index contributed by atoms with van der Waals surface area (Å²) >= 11 is 4.32. The number of rotatable bonds is 1. The molecule has 1 saturated heterocycles. The summed E-state index contributed by atoms with van der Waals surface area (Å²) < 4.78 is 0. The van der Waals surface area contributed by atoms with Gasteiger partial charge in [0.05, 0.1) is 5.69 Å². The van der Waals surface area contributed by atoms with Gasteiger partial charge in [0.15, 0.2) is 0 Å². The summed E-state index contributed by atoms with van der Waals surface area (Å²) in [4.78, 5) is 14.7. The first-order valence-electron chi connectivity index (χ1n) is 6.00. The SMILES string of the molecule is CC1CCN(C(=O)Nc2ccccc2S)CC1. The van der Waals surface area contributed by atoms with E-state index in [4.69, 9.17) is 0 Å². The van der Waals surface area contributed by atoms with Crippen LogP contribution in [0.1, 0.15) is 19.8 Å². The van der Waals surface area contributed by atoms with Gasteiger partial charge in [-0.15, -0.1) is 12.6 Å². The van der Waals surface area contributed by atoms with Crippen molar-refractivity contribution < 1.29 is 4.79 Å². The van der Waals surface area contributed by atoms with Crippen molar-refractivity contribution in [3.63, 3.8) is 0 Å². The van der Waals surface area contributed by atoms with E-state index in [-0.39, 0.29) is 6.03 Å². The second-order valence-corrected chi connectivity index (χ2v) is 5.10. The van der Waals surface area contributed by atoms with E-state index in [2.05, 4.69) is 24.9 Å². The maximum Gasteiger partial charge on any atom is 0.321 e. The van der Waals surface area contributed by atoms with Crippen LogP contribution >= 0.6 is 12.6 Å². The molecule has 0 atom stereocenters. The van der Waals surface area contributed by atoms with Gasteiger partial charge in [-0.3, -0.25) is 0 Å². The van der Waals surface area contributed by atoms with Gasteiger partial charge in [-0.05, 0) is 30.9 Å². The Bertz CT molecular complexity index is 400. The number of nitrogens with zero attached hydrogens (tertiary/aromatic N) is 1. The third-order valence-electron chi connectivity index (χ3n) is 3.22. The Morgan fingerprint density at radius 3 is 2.65 bits per heavy atom. The lowest BCUT2D eigenvalue weighted by Crippen LogP contribution is -2.40. The molecule has 1 fully saturated rings. The second-order valence-electron chi connectivity index (χ2n) is 4.62. The van der Waals surface area contributed by atoms with Gasteiger partial charge in [-0.2, -0.15) is 0 Å². The topological polar surface area (TPSA) is 32.3 Å². The first-order chi connectivity index (χ1) is 8.16. The monoisotopic (exact) mass is 250 g/mol. The van der Waals surface area contributed by atoms with Crippen LogP contribution in [0.2, 0.25) is 0 Å². The van der Waals surface area contributed by atoms with E-state index in [0.29, 0.717) is 0 Å². The van der Waals surface area contributed by atoms with Crippen LogP contribution in [0, 0.1) is 5.92 Å². The Labute approximate surface area is 108 Å². The Morgan fingerprint density at radius 1 is 1.35 bits per heavy atom. The summed E-state index contributed by atoms with van der Waals surface area (Å²) in [5, 5.41) is 2.91. The maximum absolute atomic E-state index is 12.0. The molecule has 1 heterocycles. The van der Waals surface area contributed by atoms with Gasteiger partial charge in [0, 0.05) is 18.0 Å². The van der Waals surface area contributed by atoms with Crippen LogP contribution in [-0.4, -0.2) is 24.0 Å². The normalized spacial score (nSPS) is 16.9. The Hall–Kier alpha value is -1.16. The molecule has 1 aromatic carbocycles. The molecule has 0 unspecified atom stereocenters. The summed E-state index contributed by atoms with van der Waals surface area (Å²) in [5.41, 5.74) is 0.777. The number of carbonyl (C=O) groups is 1. The fourth-order valence-corrected chi connectivity index (χ4v) is 2.20. The number of benzene rings is 1. The van der Waals surface area contributed by atoms with Crippen molar-refractivity contribution in [3.8, 4) is 0 Å². The Balaban J connectivity index is 1.95. The molecule has 2 rings (SSSR count). The molecule has 0 aromatic heterocycles. The van der Waals surface area contributed by atoms with Crippen LogP contribution in [0.5, 0.6) is 0 Å². The number of nitrogens with one attached hydrogen (secondary N) is 1. The lowest BCUT2D eigenvalue weighted by molar-refractivity contribution is 0.186. The fourth-order valence-electron chi connectivity index (χ4n) is 1.99. The second kappa shape index (κ2) is 5.45. The van der Waals surface area contributed by atoms with Gasteiger partial charge < -0.3 is 10.2 Å². The summed E-state index contributed by atoms with van der Waals surface area (Å²) in [7, 11) is 0. The molecule has 0 aliphatic carbocycles. The van der Waals surface area contributed by atoms with Crippen molar-refractivity contribution in [2.24, 2.45) is 5.92 Å². The van der Waals surface area contributed by atoms with Crippen molar-refractivity contribution >= 4 is 24.3 Å². The number of likely N-dealkylation sites (tertiary alicyclic amines) is 1. The van der Waals surface area contributed by atoms with Gasteiger partial charge in [0.1, 0.15) is 0 Å². The van der Waals surface area contributed by atoms with E-state index in [1.54, 1.807) is 0 Å². The minimum absolute atomic E-state index is 0.0154. The van der Waals surface area contributed by atoms with Crippen LogP contribution in [0.3, 0.4) is 0 Å². The lowest BCUT2D eigenvalue weighted by Gasteiger charge is -2.30. The van der Waals surface area contributed by atoms with Crippen LogP contribution < -0.4 is 5.32 Å².